The van der Waals surface area contributed by atoms with E-state index in [1.54, 1.807) is 0 Å². The van der Waals surface area contributed by atoms with Crippen LogP contribution in [-0.2, 0) is 9.59 Å². The molecule has 1 aliphatic carbocycles. The first-order chi connectivity index (χ1) is 12.2. The van der Waals surface area contributed by atoms with Crippen LogP contribution in [-0.4, -0.2) is 60.4 Å². The number of fused-ring (bicyclic) bond motifs is 2. The number of hydrogen-bond acceptors (Lipinski definition) is 4. The molecule has 1 saturated carbocycles. The van der Waals surface area contributed by atoms with Gasteiger partial charge in [0, 0.05) is 25.6 Å². The molecular weight excluding hydrogens is 318 g/mol. The Morgan fingerprint density at radius 3 is 2.80 bits per heavy atom. The van der Waals surface area contributed by atoms with E-state index in [0.29, 0.717) is 43.6 Å². The van der Waals surface area contributed by atoms with Gasteiger partial charge in [0.1, 0.15) is 12.4 Å². The van der Waals surface area contributed by atoms with Crippen molar-refractivity contribution in [2.45, 2.75) is 31.7 Å². The molecule has 1 aromatic rings. The Balaban J connectivity index is 1.48. The van der Waals surface area contributed by atoms with Crippen LogP contribution in [0.4, 0.5) is 5.69 Å². The van der Waals surface area contributed by atoms with Crippen molar-refractivity contribution in [1.82, 2.24) is 9.80 Å². The largest absolute Gasteiger partial charge is 0.490 e. The lowest BCUT2D eigenvalue weighted by Gasteiger charge is -2.41. The summed E-state index contributed by atoms with van der Waals surface area (Å²) in [5, 5.41) is 2.93. The molecule has 2 fully saturated rings. The summed E-state index contributed by atoms with van der Waals surface area (Å²) in [6.45, 7) is 2.89. The van der Waals surface area contributed by atoms with Gasteiger partial charge in [-0.25, -0.2) is 0 Å². The number of carbonyl (C=O) groups excluding carboxylic acids is 2. The van der Waals surface area contributed by atoms with Crippen molar-refractivity contribution < 1.29 is 14.3 Å². The van der Waals surface area contributed by atoms with E-state index < -0.39 is 0 Å². The van der Waals surface area contributed by atoms with Crippen LogP contribution in [0.3, 0.4) is 0 Å². The number of nitrogens with zero attached hydrogens (tertiary/aromatic N) is 2. The standard InChI is InChI=1S/C19H25N3O3/c23-18-12-21-9-10-22(19(24)14-5-1-2-6-14)11-15(21)13-25-17-8-4-3-7-16(17)20-18/h3-4,7-8,14-15H,1-2,5-6,9-13H2,(H,20,23)/t15-/m1/s1. The SMILES string of the molecule is O=C1CN2CCN(C(=O)C3CCCC3)C[C@@H]2COc2ccccc2N1. The maximum atomic E-state index is 12.7. The molecule has 25 heavy (non-hydrogen) atoms. The zero-order valence-electron chi connectivity index (χ0n) is 14.4. The topological polar surface area (TPSA) is 61.9 Å². The molecule has 1 atom stereocenters. The number of ether oxygens (including phenoxy) is 1. The van der Waals surface area contributed by atoms with Crippen LogP contribution >= 0.6 is 0 Å². The smallest absolute Gasteiger partial charge is 0.238 e. The summed E-state index contributed by atoms with van der Waals surface area (Å²) < 4.78 is 5.99. The lowest BCUT2D eigenvalue weighted by Crippen LogP contribution is -2.58. The highest BCUT2D eigenvalue weighted by Crippen LogP contribution is 2.29. The molecule has 2 amide bonds. The van der Waals surface area contributed by atoms with E-state index in [-0.39, 0.29) is 17.9 Å². The van der Waals surface area contributed by atoms with E-state index in [0.717, 1.165) is 19.4 Å². The van der Waals surface area contributed by atoms with Crippen LogP contribution in [0.5, 0.6) is 5.75 Å². The summed E-state index contributed by atoms with van der Waals surface area (Å²) in [7, 11) is 0. The zero-order chi connectivity index (χ0) is 17.2. The van der Waals surface area contributed by atoms with Gasteiger partial charge in [0.25, 0.3) is 0 Å². The highest BCUT2D eigenvalue weighted by molar-refractivity contribution is 5.93. The number of anilines is 1. The minimum absolute atomic E-state index is 0.0291. The van der Waals surface area contributed by atoms with E-state index in [2.05, 4.69) is 10.2 Å². The molecule has 0 bridgehead atoms. The monoisotopic (exact) mass is 343 g/mol. The van der Waals surface area contributed by atoms with Crippen molar-refractivity contribution in [2.75, 3.05) is 38.1 Å². The van der Waals surface area contributed by atoms with Gasteiger partial charge in [0.2, 0.25) is 11.8 Å². The second-order valence-corrected chi connectivity index (χ2v) is 7.25. The van der Waals surface area contributed by atoms with Crippen molar-refractivity contribution in [3.05, 3.63) is 24.3 Å². The Bertz CT molecular complexity index is 657. The van der Waals surface area contributed by atoms with Gasteiger partial charge >= 0.3 is 0 Å². The molecule has 1 saturated heterocycles. The molecule has 0 unspecified atom stereocenters. The van der Waals surface area contributed by atoms with Crippen molar-refractivity contribution in [3.8, 4) is 5.75 Å². The molecule has 6 heteroatoms. The van der Waals surface area contributed by atoms with E-state index in [4.69, 9.17) is 4.74 Å². The molecule has 2 aliphatic heterocycles. The lowest BCUT2D eigenvalue weighted by molar-refractivity contribution is -0.139. The summed E-state index contributed by atoms with van der Waals surface area (Å²) in [4.78, 5) is 29.2. The quantitative estimate of drug-likeness (QED) is 0.843. The fourth-order valence-electron chi connectivity index (χ4n) is 4.15. The first-order valence-corrected chi connectivity index (χ1v) is 9.25. The fourth-order valence-corrected chi connectivity index (χ4v) is 4.15. The second-order valence-electron chi connectivity index (χ2n) is 7.25. The zero-order valence-corrected chi connectivity index (χ0v) is 14.4. The highest BCUT2D eigenvalue weighted by Gasteiger charge is 2.35. The van der Waals surface area contributed by atoms with Crippen molar-refractivity contribution in [2.24, 2.45) is 5.92 Å². The maximum absolute atomic E-state index is 12.7. The van der Waals surface area contributed by atoms with Crippen LogP contribution < -0.4 is 10.1 Å². The van der Waals surface area contributed by atoms with Gasteiger partial charge in [0.05, 0.1) is 18.3 Å². The third-order valence-electron chi connectivity index (χ3n) is 5.56. The lowest BCUT2D eigenvalue weighted by atomic mass is 10.0. The number of nitrogens with one attached hydrogen (secondary N) is 1. The number of benzene rings is 1. The molecule has 4 rings (SSSR count). The molecular formula is C19H25N3O3. The maximum Gasteiger partial charge on any atom is 0.238 e. The Hall–Kier alpha value is -2.08. The number of hydrogen-bond donors (Lipinski definition) is 1. The number of amides is 2. The van der Waals surface area contributed by atoms with Crippen molar-refractivity contribution in [3.63, 3.8) is 0 Å². The summed E-state index contributed by atoms with van der Waals surface area (Å²) in [5.41, 5.74) is 0.714. The van der Waals surface area contributed by atoms with E-state index >= 15 is 0 Å². The Kier molecular flexibility index (Phi) is 4.61. The van der Waals surface area contributed by atoms with Gasteiger partial charge in [-0.2, -0.15) is 0 Å². The molecule has 134 valence electrons. The van der Waals surface area contributed by atoms with E-state index in [1.807, 2.05) is 29.2 Å². The van der Waals surface area contributed by atoms with Crippen LogP contribution in [0.1, 0.15) is 25.7 Å². The summed E-state index contributed by atoms with van der Waals surface area (Å²) in [6.07, 6.45) is 4.38. The summed E-state index contributed by atoms with van der Waals surface area (Å²) in [5.74, 6) is 1.16. The normalized spacial score (nSPS) is 25.0. The van der Waals surface area contributed by atoms with Crippen LogP contribution in [0.25, 0.3) is 0 Å². The number of rotatable bonds is 1. The molecule has 2 heterocycles. The molecule has 3 aliphatic rings. The highest BCUT2D eigenvalue weighted by atomic mass is 16.5. The molecule has 0 radical (unpaired) electrons. The Labute approximate surface area is 148 Å². The predicted octanol–water partition coefficient (Wildman–Crippen LogP) is 1.72. The Morgan fingerprint density at radius 2 is 1.96 bits per heavy atom. The molecule has 0 spiro atoms. The molecule has 1 aromatic carbocycles. The molecule has 1 N–H and O–H groups in total. The predicted molar refractivity (Wildman–Crippen MR) is 94.5 cm³/mol. The second kappa shape index (κ2) is 7.04. The molecule has 6 nitrogen and oxygen atoms in total. The first-order valence-electron chi connectivity index (χ1n) is 9.25. The third-order valence-corrected chi connectivity index (χ3v) is 5.56. The van der Waals surface area contributed by atoms with Crippen LogP contribution in [0.15, 0.2) is 24.3 Å². The van der Waals surface area contributed by atoms with Crippen LogP contribution in [0.2, 0.25) is 0 Å². The van der Waals surface area contributed by atoms with Crippen molar-refractivity contribution in [1.29, 1.82) is 0 Å². The van der Waals surface area contributed by atoms with Crippen molar-refractivity contribution >= 4 is 17.5 Å². The average Bonchev–Trinajstić information content (AvgIpc) is 3.16. The van der Waals surface area contributed by atoms with Gasteiger partial charge in [-0.1, -0.05) is 25.0 Å². The van der Waals surface area contributed by atoms with Gasteiger partial charge in [-0.3, -0.25) is 14.5 Å². The number of para-hydroxylation sites is 2. The van der Waals surface area contributed by atoms with Gasteiger partial charge < -0.3 is 15.0 Å². The van der Waals surface area contributed by atoms with E-state index in [9.17, 15) is 9.59 Å². The summed E-state index contributed by atoms with van der Waals surface area (Å²) >= 11 is 0. The summed E-state index contributed by atoms with van der Waals surface area (Å²) in [6, 6.07) is 7.56. The number of piperazine rings is 1. The van der Waals surface area contributed by atoms with Gasteiger partial charge in [-0.15, -0.1) is 0 Å². The van der Waals surface area contributed by atoms with Gasteiger partial charge in [0.15, 0.2) is 0 Å². The Morgan fingerprint density at radius 1 is 1.16 bits per heavy atom. The first kappa shape index (κ1) is 16.4. The number of carbonyl (C=O) groups is 2. The third kappa shape index (κ3) is 3.49. The molecule has 0 aromatic heterocycles. The average molecular weight is 343 g/mol. The minimum Gasteiger partial charge on any atom is -0.490 e. The minimum atomic E-state index is -0.0291. The van der Waals surface area contributed by atoms with Gasteiger partial charge in [-0.05, 0) is 25.0 Å². The van der Waals surface area contributed by atoms with E-state index in [1.165, 1.54) is 12.8 Å². The fraction of sp³-hybridized carbons (Fsp3) is 0.579. The van der Waals surface area contributed by atoms with Crippen LogP contribution in [0, 0.1) is 5.92 Å².